The topological polar surface area (TPSA) is 43.8 Å². The van der Waals surface area contributed by atoms with E-state index < -0.39 is 0 Å². The summed E-state index contributed by atoms with van der Waals surface area (Å²) >= 11 is 0. The fourth-order valence-electron chi connectivity index (χ4n) is 2.75. The highest BCUT2D eigenvalue weighted by Gasteiger charge is 2.40. The molecule has 1 aromatic rings. The fraction of sp³-hybridized carbons (Fsp3) is 0.769. The number of aromatic nitrogens is 2. The van der Waals surface area contributed by atoms with Gasteiger partial charge in [-0.05, 0) is 18.3 Å². The number of hydrogen-bond donors (Lipinski definition) is 1. The summed E-state index contributed by atoms with van der Waals surface area (Å²) in [6.45, 7) is 8.90. The molecule has 0 bridgehead atoms. The van der Waals surface area contributed by atoms with Crippen LogP contribution in [0.5, 0.6) is 0 Å². The first-order valence-electron chi connectivity index (χ1n) is 6.22. The molecule has 16 heavy (non-hydrogen) atoms. The molecule has 1 fully saturated rings. The van der Waals surface area contributed by atoms with Crippen molar-refractivity contribution in [3.8, 4) is 0 Å². The van der Waals surface area contributed by atoms with Crippen LogP contribution in [0.1, 0.15) is 58.3 Å². The Bertz CT molecular complexity index is 365. The Balaban J connectivity index is 2.29. The lowest BCUT2D eigenvalue weighted by molar-refractivity contribution is 0.296. The van der Waals surface area contributed by atoms with Crippen LogP contribution < -0.4 is 5.73 Å². The lowest BCUT2D eigenvalue weighted by Crippen LogP contribution is -2.38. The molecule has 1 aliphatic carbocycles. The van der Waals surface area contributed by atoms with Crippen LogP contribution in [0.3, 0.4) is 0 Å². The summed E-state index contributed by atoms with van der Waals surface area (Å²) in [4.78, 5) is 4.45. The van der Waals surface area contributed by atoms with E-state index in [4.69, 9.17) is 5.73 Å². The third-order valence-corrected chi connectivity index (χ3v) is 3.97. The van der Waals surface area contributed by atoms with E-state index in [0.29, 0.717) is 12.0 Å². The molecule has 2 atom stereocenters. The maximum atomic E-state index is 6.37. The number of nitrogens with zero attached hydrogens (tertiary/aromatic N) is 2. The van der Waals surface area contributed by atoms with Crippen LogP contribution in [0.15, 0.2) is 12.4 Å². The van der Waals surface area contributed by atoms with Crippen molar-refractivity contribution < 1.29 is 0 Å². The minimum absolute atomic E-state index is 0.235. The third kappa shape index (κ3) is 1.77. The van der Waals surface area contributed by atoms with Crippen LogP contribution in [0.2, 0.25) is 0 Å². The van der Waals surface area contributed by atoms with Crippen LogP contribution in [0, 0.1) is 5.41 Å². The Kier molecular flexibility index (Phi) is 2.82. The van der Waals surface area contributed by atoms with Gasteiger partial charge in [-0.25, -0.2) is 4.98 Å². The van der Waals surface area contributed by atoms with E-state index in [1.165, 1.54) is 12.8 Å². The van der Waals surface area contributed by atoms with E-state index in [0.717, 1.165) is 5.82 Å². The van der Waals surface area contributed by atoms with Crippen molar-refractivity contribution in [1.82, 2.24) is 9.55 Å². The molecule has 0 amide bonds. The molecule has 1 saturated carbocycles. The fourth-order valence-corrected chi connectivity index (χ4v) is 2.75. The van der Waals surface area contributed by atoms with Gasteiger partial charge in [0, 0.05) is 24.4 Å². The standard InChI is InChI=1S/C13H23N3/c1-9(2)12-15-7-8-16(12)10-5-6-13(3,4)11(10)14/h7-11H,5-6,14H2,1-4H3. The normalized spacial score (nSPS) is 28.9. The van der Waals surface area contributed by atoms with Gasteiger partial charge in [-0.2, -0.15) is 0 Å². The number of hydrogen-bond acceptors (Lipinski definition) is 2. The summed E-state index contributed by atoms with van der Waals surface area (Å²) in [5, 5.41) is 0. The molecule has 1 aliphatic rings. The van der Waals surface area contributed by atoms with Gasteiger partial charge in [-0.15, -0.1) is 0 Å². The van der Waals surface area contributed by atoms with E-state index in [2.05, 4.69) is 43.4 Å². The molecule has 3 heteroatoms. The lowest BCUT2D eigenvalue weighted by atomic mass is 9.87. The number of rotatable bonds is 2. The third-order valence-electron chi connectivity index (χ3n) is 3.97. The van der Waals surface area contributed by atoms with Crippen LogP contribution in [0.4, 0.5) is 0 Å². The first kappa shape index (κ1) is 11.6. The molecule has 3 nitrogen and oxygen atoms in total. The summed E-state index contributed by atoms with van der Waals surface area (Å²) in [7, 11) is 0. The van der Waals surface area contributed by atoms with Crippen molar-refractivity contribution in [3.63, 3.8) is 0 Å². The molecule has 0 aliphatic heterocycles. The van der Waals surface area contributed by atoms with Crippen LogP contribution >= 0.6 is 0 Å². The summed E-state index contributed by atoms with van der Waals surface area (Å²) in [6.07, 6.45) is 6.35. The van der Waals surface area contributed by atoms with Crippen molar-refractivity contribution in [1.29, 1.82) is 0 Å². The molecule has 2 unspecified atom stereocenters. The van der Waals surface area contributed by atoms with Crippen molar-refractivity contribution in [2.45, 2.75) is 58.5 Å². The first-order valence-corrected chi connectivity index (χ1v) is 6.22. The quantitative estimate of drug-likeness (QED) is 0.834. The zero-order chi connectivity index (χ0) is 11.9. The minimum Gasteiger partial charge on any atom is -0.330 e. The molecule has 2 rings (SSSR count). The molecular weight excluding hydrogens is 198 g/mol. The van der Waals surface area contributed by atoms with Crippen molar-refractivity contribution in [2.24, 2.45) is 11.1 Å². The highest BCUT2D eigenvalue weighted by molar-refractivity contribution is 5.06. The van der Waals surface area contributed by atoms with Crippen molar-refractivity contribution in [3.05, 3.63) is 18.2 Å². The summed E-state index contributed by atoms with van der Waals surface area (Å²) in [5.41, 5.74) is 6.62. The maximum Gasteiger partial charge on any atom is 0.111 e. The highest BCUT2D eigenvalue weighted by Crippen LogP contribution is 2.43. The molecule has 0 radical (unpaired) electrons. The SMILES string of the molecule is CC(C)c1nccn1C1CCC(C)(C)C1N. The van der Waals surface area contributed by atoms with E-state index in [1.54, 1.807) is 0 Å². The average molecular weight is 221 g/mol. The van der Waals surface area contributed by atoms with E-state index in [1.807, 2.05) is 6.20 Å². The molecular formula is C13H23N3. The van der Waals surface area contributed by atoms with Gasteiger partial charge in [-0.1, -0.05) is 27.7 Å². The second-order valence-electron chi connectivity index (χ2n) is 5.97. The van der Waals surface area contributed by atoms with Gasteiger partial charge in [0.25, 0.3) is 0 Å². The van der Waals surface area contributed by atoms with Gasteiger partial charge in [0.05, 0.1) is 6.04 Å². The van der Waals surface area contributed by atoms with Crippen molar-refractivity contribution >= 4 is 0 Å². The Morgan fingerprint density at radius 3 is 2.69 bits per heavy atom. The molecule has 2 N–H and O–H groups in total. The van der Waals surface area contributed by atoms with Crippen LogP contribution in [-0.2, 0) is 0 Å². The average Bonchev–Trinajstić information content (AvgIpc) is 2.74. The minimum atomic E-state index is 0.235. The predicted molar refractivity (Wildman–Crippen MR) is 66.3 cm³/mol. The molecule has 1 aromatic heterocycles. The van der Waals surface area contributed by atoms with E-state index in [-0.39, 0.29) is 11.5 Å². The van der Waals surface area contributed by atoms with E-state index >= 15 is 0 Å². The summed E-state index contributed by atoms with van der Waals surface area (Å²) < 4.78 is 2.30. The first-order chi connectivity index (χ1) is 7.43. The van der Waals surface area contributed by atoms with Gasteiger partial charge in [0.15, 0.2) is 0 Å². The summed E-state index contributed by atoms with van der Waals surface area (Å²) in [6, 6.07) is 0.661. The Morgan fingerprint density at radius 2 is 2.19 bits per heavy atom. The van der Waals surface area contributed by atoms with Gasteiger partial charge in [-0.3, -0.25) is 0 Å². The molecule has 0 spiro atoms. The zero-order valence-electron chi connectivity index (χ0n) is 10.8. The van der Waals surface area contributed by atoms with E-state index in [9.17, 15) is 0 Å². The predicted octanol–water partition coefficient (Wildman–Crippen LogP) is 2.69. The van der Waals surface area contributed by atoms with Crippen molar-refractivity contribution in [2.75, 3.05) is 0 Å². The molecule has 0 aromatic carbocycles. The van der Waals surface area contributed by atoms with Gasteiger partial charge < -0.3 is 10.3 Å². The molecule has 0 saturated heterocycles. The zero-order valence-corrected chi connectivity index (χ0v) is 10.8. The largest absolute Gasteiger partial charge is 0.330 e. The monoisotopic (exact) mass is 221 g/mol. The Labute approximate surface area is 98.1 Å². The van der Waals surface area contributed by atoms with Gasteiger partial charge in [0.1, 0.15) is 5.82 Å². The smallest absolute Gasteiger partial charge is 0.111 e. The van der Waals surface area contributed by atoms with Crippen LogP contribution in [0.25, 0.3) is 0 Å². The summed E-state index contributed by atoms with van der Waals surface area (Å²) in [5.74, 6) is 1.63. The second-order valence-corrected chi connectivity index (χ2v) is 5.97. The Morgan fingerprint density at radius 1 is 1.50 bits per heavy atom. The Hall–Kier alpha value is -0.830. The highest BCUT2D eigenvalue weighted by atomic mass is 15.1. The second kappa shape index (κ2) is 3.88. The number of imidazole rings is 1. The van der Waals surface area contributed by atoms with Crippen LogP contribution in [-0.4, -0.2) is 15.6 Å². The lowest BCUT2D eigenvalue weighted by Gasteiger charge is -2.28. The maximum absolute atomic E-state index is 6.37. The van der Waals surface area contributed by atoms with Gasteiger partial charge >= 0.3 is 0 Å². The molecule has 90 valence electrons. The number of nitrogens with two attached hydrogens (primary N) is 1. The molecule has 1 heterocycles. The van der Waals surface area contributed by atoms with Gasteiger partial charge in [0.2, 0.25) is 0 Å².